The highest BCUT2D eigenvalue weighted by Crippen LogP contribution is 2.28. The third-order valence-corrected chi connectivity index (χ3v) is 5.15. The summed E-state index contributed by atoms with van der Waals surface area (Å²) in [6, 6.07) is 6.59. The monoisotopic (exact) mass is 320 g/mol. The van der Waals surface area contributed by atoms with Gasteiger partial charge in [-0.1, -0.05) is 6.07 Å². The topological polar surface area (TPSA) is 68.3 Å². The van der Waals surface area contributed by atoms with E-state index in [1.54, 1.807) is 37.5 Å². The molecule has 0 aliphatic carbocycles. The van der Waals surface area contributed by atoms with E-state index < -0.39 is 10.0 Å². The predicted molar refractivity (Wildman–Crippen MR) is 85.4 cm³/mol. The smallest absolute Gasteiger partial charge is 0.244 e. The van der Waals surface area contributed by atoms with E-state index in [1.165, 1.54) is 7.11 Å². The second-order valence-corrected chi connectivity index (χ2v) is 6.90. The zero-order valence-corrected chi connectivity index (χ0v) is 13.9. The Morgan fingerprint density at radius 2 is 1.91 bits per heavy atom. The van der Waals surface area contributed by atoms with Crippen molar-refractivity contribution in [2.24, 2.45) is 0 Å². The summed E-state index contributed by atoms with van der Waals surface area (Å²) in [6.45, 7) is 5.57. The molecule has 1 unspecified atom stereocenters. The van der Waals surface area contributed by atoms with E-state index in [-0.39, 0.29) is 10.9 Å². The number of nitrogens with one attached hydrogen (secondary N) is 1. The number of ether oxygens (including phenoxy) is 1. The number of hydrogen-bond acceptors (Lipinski definition) is 4. The standard InChI is InChI=1S/C16H20N2O3S/c1-11-8-15(21-4)16(9-12(11)2)22(19,20)18-13(3)14-6-5-7-17-10-14/h5-10,13,18H,1-4H3. The molecule has 0 radical (unpaired) electrons. The van der Waals surface area contributed by atoms with Gasteiger partial charge in [-0.15, -0.1) is 0 Å². The van der Waals surface area contributed by atoms with E-state index >= 15 is 0 Å². The summed E-state index contributed by atoms with van der Waals surface area (Å²) >= 11 is 0. The van der Waals surface area contributed by atoms with Crippen molar-refractivity contribution in [2.45, 2.75) is 31.7 Å². The van der Waals surface area contributed by atoms with E-state index in [2.05, 4.69) is 9.71 Å². The molecular weight excluding hydrogens is 300 g/mol. The van der Waals surface area contributed by atoms with Crippen molar-refractivity contribution in [3.63, 3.8) is 0 Å². The van der Waals surface area contributed by atoms with Crippen LogP contribution in [0.1, 0.15) is 29.7 Å². The average Bonchev–Trinajstić information content (AvgIpc) is 2.49. The Morgan fingerprint density at radius 3 is 2.50 bits per heavy atom. The Balaban J connectivity index is 2.37. The van der Waals surface area contributed by atoms with Crippen LogP contribution in [-0.2, 0) is 10.0 Å². The number of methoxy groups -OCH3 is 1. The number of rotatable bonds is 5. The number of pyridine rings is 1. The van der Waals surface area contributed by atoms with Crippen LogP contribution in [0.3, 0.4) is 0 Å². The van der Waals surface area contributed by atoms with Gasteiger partial charge in [-0.05, 0) is 55.7 Å². The summed E-state index contributed by atoms with van der Waals surface area (Å²) in [5, 5.41) is 0. The quantitative estimate of drug-likeness (QED) is 0.920. The number of aryl methyl sites for hydroxylation is 2. The van der Waals surface area contributed by atoms with Crippen LogP contribution in [-0.4, -0.2) is 20.5 Å². The molecule has 0 bridgehead atoms. The molecule has 2 aromatic rings. The second-order valence-electron chi connectivity index (χ2n) is 5.22. The Hall–Kier alpha value is -1.92. The van der Waals surface area contributed by atoms with Crippen molar-refractivity contribution >= 4 is 10.0 Å². The summed E-state index contributed by atoms with van der Waals surface area (Å²) in [4.78, 5) is 4.16. The Morgan fingerprint density at radius 1 is 1.23 bits per heavy atom. The number of nitrogens with zero attached hydrogens (tertiary/aromatic N) is 1. The fraction of sp³-hybridized carbons (Fsp3) is 0.312. The highest BCUT2D eigenvalue weighted by Gasteiger charge is 2.23. The molecule has 0 aliphatic rings. The molecule has 0 saturated carbocycles. The molecule has 0 spiro atoms. The molecule has 118 valence electrons. The molecule has 1 aromatic carbocycles. The van der Waals surface area contributed by atoms with Crippen LogP contribution in [0, 0.1) is 13.8 Å². The molecule has 0 saturated heterocycles. The maximum atomic E-state index is 12.6. The minimum atomic E-state index is -3.69. The largest absolute Gasteiger partial charge is 0.495 e. The first kappa shape index (κ1) is 16.5. The molecular formula is C16H20N2O3S. The van der Waals surface area contributed by atoms with Crippen molar-refractivity contribution < 1.29 is 13.2 Å². The first-order valence-electron chi connectivity index (χ1n) is 6.92. The van der Waals surface area contributed by atoms with Gasteiger partial charge < -0.3 is 4.74 Å². The molecule has 1 atom stereocenters. The number of hydrogen-bond donors (Lipinski definition) is 1. The molecule has 0 aliphatic heterocycles. The minimum absolute atomic E-state index is 0.147. The van der Waals surface area contributed by atoms with Gasteiger partial charge in [0.25, 0.3) is 0 Å². The Bertz CT molecular complexity index is 758. The Kier molecular flexibility index (Phi) is 4.83. The van der Waals surface area contributed by atoms with Crippen molar-refractivity contribution in [2.75, 3.05) is 7.11 Å². The zero-order valence-electron chi connectivity index (χ0n) is 13.1. The van der Waals surface area contributed by atoms with Crippen LogP contribution in [0.15, 0.2) is 41.6 Å². The van der Waals surface area contributed by atoms with E-state index in [9.17, 15) is 8.42 Å². The van der Waals surface area contributed by atoms with Crippen LogP contribution < -0.4 is 9.46 Å². The summed E-state index contributed by atoms with van der Waals surface area (Å²) in [7, 11) is -2.23. The van der Waals surface area contributed by atoms with E-state index in [0.29, 0.717) is 5.75 Å². The van der Waals surface area contributed by atoms with Gasteiger partial charge in [0.2, 0.25) is 10.0 Å². The van der Waals surface area contributed by atoms with Gasteiger partial charge >= 0.3 is 0 Å². The van der Waals surface area contributed by atoms with Crippen molar-refractivity contribution in [1.82, 2.24) is 9.71 Å². The van der Waals surface area contributed by atoms with E-state index in [4.69, 9.17) is 4.74 Å². The maximum absolute atomic E-state index is 12.6. The summed E-state index contributed by atoms with van der Waals surface area (Å²) < 4.78 is 33.2. The van der Waals surface area contributed by atoms with Gasteiger partial charge in [0, 0.05) is 18.4 Å². The maximum Gasteiger partial charge on any atom is 0.244 e. The van der Waals surface area contributed by atoms with Gasteiger partial charge in [0.15, 0.2) is 0 Å². The molecule has 0 amide bonds. The lowest BCUT2D eigenvalue weighted by atomic mass is 10.1. The second kappa shape index (κ2) is 6.46. The van der Waals surface area contributed by atoms with Crippen molar-refractivity contribution in [3.8, 4) is 5.75 Å². The highest BCUT2D eigenvalue weighted by molar-refractivity contribution is 7.89. The third kappa shape index (κ3) is 3.45. The van der Waals surface area contributed by atoms with Gasteiger partial charge in [0.05, 0.1) is 7.11 Å². The van der Waals surface area contributed by atoms with Crippen LogP contribution in [0.4, 0.5) is 0 Å². The number of aromatic nitrogens is 1. The Labute approximate surface area is 131 Å². The predicted octanol–water partition coefficient (Wildman–Crippen LogP) is 2.75. The van der Waals surface area contributed by atoms with Crippen LogP contribution in [0.25, 0.3) is 0 Å². The SMILES string of the molecule is COc1cc(C)c(C)cc1S(=O)(=O)NC(C)c1cccnc1. The molecule has 0 fully saturated rings. The summed E-state index contributed by atoms with van der Waals surface area (Å²) in [5.74, 6) is 0.342. The van der Waals surface area contributed by atoms with E-state index in [1.807, 2.05) is 19.9 Å². The number of benzene rings is 1. The zero-order chi connectivity index (χ0) is 16.3. The first-order chi connectivity index (χ1) is 10.3. The minimum Gasteiger partial charge on any atom is -0.495 e. The van der Waals surface area contributed by atoms with Crippen LogP contribution in [0.5, 0.6) is 5.75 Å². The van der Waals surface area contributed by atoms with E-state index in [0.717, 1.165) is 16.7 Å². The first-order valence-corrected chi connectivity index (χ1v) is 8.41. The van der Waals surface area contributed by atoms with Crippen LogP contribution >= 0.6 is 0 Å². The molecule has 22 heavy (non-hydrogen) atoms. The fourth-order valence-corrected chi connectivity index (χ4v) is 3.60. The van der Waals surface area contributed by atoms with Crippen molar-refractivity contribution in [1.29, 1.82) is 0 Å². The highest BCUT2D eigenvalue weighted by atomic mass is 32.2. The fourth-order valence-electron chi connectivity index (χ4n) is 2.13. The normalized spacial score (nSPS) is 12.9. The lowest BCUT2D eigenvalue weighted by Crippen LogP contribution is -2.27. The summed E-state index contributed by atoms with van der Waals surface area (Å²) in [5.41, 5.74) is 2.68. The number of sulfonamides is 1. The third-order valence-electron chi connectivity index (χ3n) is 3.59. The molecule has 1 N–H and O–H groups in total. The molecule has 6 heteroatoms. The summed E-state index contributed by atoms with van der Waals surface area (Å²) in [6.07, 6.45) is 3.29. The van der Waals surface area contributed by atoms with Gasteiger partial charge in [0.1, 0.15) is 10.6 Å². The lowest BCUT2D eigenvalue weighted by molar-refractivity contribution is 0.401. The molecule has 5 nitrogen and oxygen atoms in total. The molecule has 1 heterocycles. The lowest BCUT2D eigenvalue weighted by Gasteiger charge is -2.17. The van der Waals surface area contributed by atoms with Gasteiger partial charge in [-0.3, -0.25) is 4.98 Å². The van der Waals surface area contributed by atoms with Gasteiger partial charge in [-0.25, -0.2) is 13.1 Å². The molecule has 2 rings (SSSR count). The van der Waals surface area contributed by atoms with Crippen LogP contribution in [0.2, 0.25) is 0 Å². The molecule has 1 aromatic heterocycles. The van der Waals surface area contributed by atoms with Crippen molar-refractivity contribution in [3.05, 3.63) is 53.3 Å². The average molecular weight is 320 g/mol. The van der Waals surface area contributed by atoms with Gasteiger partial charge in [-0.2, -0.15) is 0 Å².